The second-order valence-electron chi connectivity index (χ2n) is 5.26. The van der Waals surface area contributed by atoms with E-state index in [1.165, 1.54) is 18.3 Å². The van der Waals surface area contributed by atoms with Crippen LogP contribution in [-0.4, -0.2) is 26.3 Å². The third-order valence-electron chi connectivity index (χ3n) is 3.34. The van der Waals surface area contributed by atoms with E-state index in [1.54, 1.807) is 38.1 Å². The first kappa shape index (κ1) is 17.8. The lowest BCUT2D eigenvalue weighted by atomic mass is 10.1. The minimum atomic E-state index is -3.74. The number of phenols is 1. The fraction of sp³-hybridized carbons (Fsp3) is 0.235. The molecule has 2 rings (SSSR count). The molecule has 0 atom stereocenters. The van der Waals surface area contributed by atoms with Gasteiger partial charge in [-0.25, -0.2) is 4.83 Å². The number of phenolic OH excluding ortho intramolecular Hbond substituents is 1. The van der Waals surface area contributed by atoms with E-state index in [-0.39, 0.29) is 10.6 Å². The monoisotopic (exact) mass is 348 g/mol. The summed E-state index contributed by atoms with van der Waals surface area (Å²) in [5.41, 5.74) is 2.09. The summed E-state index contributed by atoms with van der Waals surface area (Å²) in [4.78, 5) is 2.27. The molecule has 2 aromatic rings. The summed E-state index contributed by atoms with van der Waals surface area (Å²) in [5.74, 6) is 0.831. The van der Waals surface area contributed by atoms with Crippen molar-refractivity contribution in [2.45, 2.75) is 25.7 Å². The molecule has 24 heavy (non-hydrogen) atoms. The van der Waals surface area contributed by atoms with Gasteiger partial charge in [0.2, 0.25) is 0 Å². The molecule has 2 N–H and O–H groups in total. The molecule has 0 saturated heterocycles. The number of nitrogens with zero attached hydrogens (tertiary/aromatic N) is 1. The molecule has 7 heteroatoms. The van der Waals surface area contributed by atoms with Crippen LogP contribution in [0.15, 0.2) is 46.4 Å². The van der Waals surface area contributed by atoms with Crippen LogP contribution >= 0.6 is 0 Å². The summed E-state index contributed by atoms with van der Waals surface area (Å²) in [6.07, 6.45) is 1.39. The van der Waals surface area contributed by atoms with Crippen LogP contribution in [0.5, 0.6) is 11.5 Å². The smallest absolute Gasteiger partial charge is 0.276 e. The Morgan fingerprint density at radius 3 is 2.29 bits per heavy atom. The highest BCUT2D eigenvalue weighted by Crippen LogP contribution is 2.22. The molecule has 0 unspecified atom stereocenters. The highest BCUT2D eigenvalue weighted by molar-refractivity contribution is 7.89. The summed E-state index contributed by atoms with van der Waals surface area (Å²) < 4.78 is 29.6. The first-order chi connectivity index (χ1) is 11.3. The van der Waals surface area contributed by atoms with Crippen LogP contribution < -0.4 is 9.57 Å². The minimum absolute atomic E-state index is 0.0983. The summed E-state index contributed by atoms with van der Waals surface area (Å²) in [6.45, 7) is 5.90. The average molecular weight is 348 g/mol. The Morgan fingerprint density at radius 1 is 1.17 bits per heavy atom. The average Bonchev–Trinajstić information content (AvgIpc) is 2.53. The highest BCUT2D eigenvalue weighted by atomic mass is 32.2. The molecular weight excluding hydrogens is 328 g/mol. The molecule has 0 aliphatic carbocycles. The van der Waals surface area contributed by atoms with E-state index in [2.05, 4.69) is 9.93 Å². The van der Waals surface area contributed by atoms with Gasteiger partial charge in [-0.1, -0.05) is 0 Å². The maximum absolute atomic E-state index is 12.2. The number of rotatable bonds is 6. The highest BCUT2D eigenvalue weighted by Gasteiger charge is 2.12. The number of benzene rings is 2. The summed E-state index contributed by atoms with van der Waals surface area (Å²) in [6, 6.07) is 9.53. The third kappa shape index (κ3) is 4.26. The Labute approximate surface area is 141 Å². The Balaban J connectivity index is 2.12. The van der Waals surface area contributed by atoms with E-state index in [9.17, 15) is 13.5 Å². The number of sulfonamides is 1. The topological polar surface area (TPSA) is 88.0 Å². The van der Waals surface area contributed by atoms with Crippen LogP contribution in [-0.2, 0) is 10.0 Å². The molecule has 0 fully saturated rings. The SMILES string of the molecule is CCOc1ccc(S(=O)(=O)N/N=C/c2cc(C)c(O)c(C)c2)cc1. The zero-order valence-corrected chi connectivity index (χ0v) is 14.6. The lowest BCUT2D eigenvalue weighted by molar-refractivity contribution is 0.340. The van der Waals surface area contributed by atoms with Gasteiger partial charge >= 0.3 is 0 Å². The summed E-state index contributed by atoms with van der Waals surface area (Å²) in [7, 11) is -3.74. The Bertz CT molecular complexity index is 820. The van der Waals surface area contributed by atoms with Gasteiger partial charge in [0.1, 0.15) is 11.5 Å². The van der Waals surface area contributed by atoms with Crippen molar-refractivity contribution < 1.29 is 18.3 Å². The lowest BCUT2D eigenvalue weighted by Crippen LogP contribution is -2.18. The number of aromatic hydroxyl groups is 1. The third-order valence-corrected chi connectivity index (χ3v) is 4.58. The summed E-state index contributed by atoms with van der Waals surface area (Å²) >= 11 is 0. The Morgan fingerprint density at radius 2 is 1.75 bits per heavy atom. The van der Waals surface area contributed by atoms with E-state index < -0.39 is 10.0 Å². The lowest BCUT2D eigenvalue weighted by Gasteiger charge is -2.06. The molecule has 6 nitrogen and oxygen atoms in total. The molecule has 0 radical (unpaired) electrons. The van der Waals surface area contributed by atoms with Gasteiger partial charge in [-0.2, -0.15) is 13.5 Å². The Hall–Kier alpha value is -2.54. The van der Waals surface area contributed by atoms with Crippen molar-refractivity contribution in [3.63, 3.8) is 0 Å². The molecule has 0 aliphatic heterocycles. The van der Waals surface area contributed by atoms with Crippen LogP contribution in [0.4, 0.5) is 0 Å². The number of hydrogen-bond donors (Lipinski definition) is 2. The summed E-state index contributed by atoms with van der Waals surface area (Å²) in [5, 5.41) is 13.5. The van der Waals surface area contributed by atoms with Crippen LogP contribution in [0.25, 0.3) is 0 Å². The van der Waals surface area contributed by atoms with Crippen molar-refractivity contribution in [3.8, 4) is 11.5 Å². The maximum Gasteiger partial charge on any atom is 0.276 e. The van der Waals surface area contributed by atoms with Gasteiger partial charge in [0.25, 0.3) is 10.0 Å². The van der Waals surface area contributed by atoms with Gasteiger partial charge < -0.3 is 9.84 Å². The number of hydrogen-bond acceptors (Lipinski definition) is 5. The molecule has 0 amide bonds. The van der Waals surface area contributed by atoms with Crippen molar-refractivity contribution in [1.29, 1.82) is 0 Å². The largest absolute Gasteiger partial charge is 0.507 e. The fourth-order valence-corrected chi connectivity index (χ4v) is 2.96. The van der Waals surface area contributed by atoms with Crippen molar-refractivity contribution in [3.05, 3.63) is 53.1 Å². The number of ether oxygens (including phenoxy) is 1. The zero-order chi connectivity index (χ0) is 17.7. The van der Waals surface area contributed by atoms with Crippen LogP contribution in [0.3, 0.4) is 0 Å². The normalized spacial score (nSPS) is 11.6. The van der Waals surface area contributed by atoms with Crippen molar-refractivity contribution in [1.82, 2.24) is 4.83 Å². The van der Waals surface area contributed by atoms with Gasteiger partial charge in [0.15, 0.2) is 0 Å². The molecule has 128 valence electrons. The van der Waals surface area contributed by atoms with E-state index in [1.807, 2.05) is 6.92 Å². The molecule has 0 spiro atoms. The van der Waals surface area contributed by atoms with Crippen molar-refractivity contribution >= 4 is 16.2 Å². The number of nitrogens with one attached hydrogen (secondary N) is 1. The van der Waals surface area contributed by atoms with E-state index in [4.69, 9.17) is 4.74 Å². The number of hydrazone groups is 1. The zero-order valence-electron chi connectivity index (χ0n) is 13.8. The van der Waals surface area contributed by atoms with Gasteiger partial charge in [-0.3, -0.25) is 0 Å². The molecule has 0 aliphatic rings. The molecule has 0 saturated carbocycles. The molecule has 2 aromatic carbocycles. The van der Waals surface area contributed by atoms with Crippen LogP contribution in [0, 0.1) is 13.8 Å². The quantitative estimate of drug-likeness (QED) is 0.621. The maximum atomic E-state index is 12.2. The van der Waals surface area contributed by atoms with E-state index in [0.29, 0.717) is 29.0 Å². The minimum Gasteiger partial charge on any atom is -0.507 e. The van der Waals surface area contributed by atoms with E-state index in [0.717, 1.165) is 0 Å². The van der Waals surface area contributed by atoms with Gasteiger partial charge in [0, 0.05) is 0 Å². The van der Waals surface area contributed by atoms with Gasteiger partial charge in [-0.15, -0.1) is 0 Å². The fourth-order valence-electron chi connectivity index (χ4n) is 2.17. The van der Waals surface area contributed by atoms with Crippen molar-refractivity contribution in [2.75, 3.05) is 6.61 Å². The van der Waals surface area contributed by atoms with Crippen LogP contribution in [0.1, 0.15) is 23.6 Å². The van der Waals surface area contributed by atoms with Gasteiger partial charge in [-0.05, 0) is 73.9 Å². The molecule has 0 bridgehead atoms. The van der Waals surface area contributed by atoms with E-state index >= 15 is 0 Å². The van der Waals surface area contributed by atoms with Crippen molar-refractivity contribution in [2.24, 2.45) is 5.10 Å². The standard InChI is InChI=1S/C17H20N2O4S/c1-4-23-15-5-7-16(8-6-15)24(21,22)19-18-11-14-9-12(2)17(20)13(3)10-14/h5-11,19-20H,4H2,1-3H3/b18-11+. The predicted octanol–water partition coefficient (Wildman–Crippen LogP) is 2.72. The molecule has 0 heterocycles. The molecule has 0 aromatic heterocycles. The first-order valence-electron chi connectivity index (χ1n) is 7.41. The molecular formula is C17H20N2O4S. The number of aryl methyl sites for hydroxylation is 2. The second kappa shape index (κ2) is 7.35. The predicted molar refractivity (Wildman–Crippen MR) is 93.1 cm³/mol. The van der Waals surface area contributed by atoms with Crippen LogP contribution in [0.2, 0.25) is 0 Å². The second-order valence-corrected chi connectivity index (χ2v) is 6.92. The Kier molecular flexibility index (Phi) is 5.46. The van der Waals surface area contributed by atoms with Gasteiger partial charge in [0.05, 0.1) is 17.7 Å². The first-order valence-corrected chi connectivity index (χ1v) is 8.89.